The molecule has 0 fully saturated rings. The molecule has 1 unspecified atom stereocenters. The van der Waals surface area contributed by atoms with E-state index in [-0.39, 0.29) is 24.1 Å². The molecule has 0 aromatic carbocycles. The highest BCUT2D eigenvalue weighted by atomic mass is 32.1. The van der Waals surface area contributed by atoms with E-state index in [1.54, 1.807) is 0 Å². The van der Waals surface area contributed by atoms with Crippen LogP contribution in [0.4, 0.5) is 0 Å². The van der Waals surface area contributed by atoms with Gasteiger partial charge in [-0.3, -0.25) is 14.2 Å². The van der Waals surface area contributed by atoms with Gasteiger partial charge in [-0.2, -0.15) is 0 Å². The molecule has 5 nitrogen and oxygen atoms in total. The zero-order valence-corrected chi connectivity index (χ0v) is 13.7. The summed E-state index contributed by atoms with van der Waals surface area (Å²) in [5, 5.41) is 3.53. The van der Waals surface area contributed by atoms with E-state index >= 15 is 0 Å². The second-order valence-corrected chi connectivity index (χ2v) is 6.60. The van der Waals surface area contributed by atoms with Crippen molar-refractivity contribution >= 4 is 27.5 Å². The van der Waals surface area contributed by atoms with Crippen LogP contribution in [0.2, 0.25) is 0 Å². The maximum absolute atomic E-state index is 12.5. The lowest BCUT2D eigenvalue weighted by Crippen LogP contribution is -2.37. The van der Waals surface area contributed by atoms with Crippen molar-refractivity contribution in [3.8, 4) is 0 Å². The summed E-state index contributed by atoms with van der Waals surface area (Å²) in [6.45, 7) is 7.96. The van der Waals surface area contributed by atoms with Gasteiger partial charge in [0.1, 0.15) is 11.4 Å². The molecule has 0 aliphatic heterocycles. The lowest BCUT2D eigenvalue weighted by atomic mass is 10.2. The molecule has 0 radical (unpaired) electrons. The second-order valence-electron chi connectivity index (χ2n) is 5.40. The number of nitrogens with one attached hydrogen (secondary N) is 1. The molecule has 1 N–H and O–H groups in total. The molecule has 1 atom stereocenters. The Morgan fingerprint density at radius 2 is 2.19 bits per heavy atom. The van der Waals surface area contributed by atoms with Gasteiger partial charge in [0.15, 0.2) is 0 Å². The lowest BCUT2D eigenvalue weighted by molar-refractivity contribution is -0.122. The quantitative estimate of drug-likeness (QED) is 0.922. The maximum Gasteiger partial charge on any atom is 0.262 e. The van der Waals surface area contributed by atoms with Crippen LogP contribution >= 0.6 is 11.3 Å². The summed E-state index contributed by atoms with van der Waals surface area (Å²) in [6, 6.07) is 0.125. The van der Waals surface area contributed by atoms with Gasteiger partial charge in [0, 0.05) is 10.9 Å². The van der Waals surface area contributed by atoms with Gasteiger partial charge in [0.25, 0.3) is 5.56 Å². The fourth-order valence-corrected chi connectivity index (χ4v) is 3.35. The van der Waals surface area contributed by atoms with Crippen molar-refractivity contribution in [2.75, 3.05) is 0 Å². The summed E-state index contributed by atoms with van der Waals surface area (Å²) >= 11 is 1.51. The third-order valence-corrected chi connectivity index (χ3v) is 4.71. The molecule has 2 heterocycles. The Bertz CT molecular complexity index is 718. The van der Waals surface area contributed by atoms with Crippen LogP contribution in [0.3, 0.4) is 0 Å². The first-order valence-electron chi connectivity index (χ1n) is 7.18. The van der Waals surface area contributed by atoms with Crippen LogP contribution in [0.5, 0.6) is 0 Å². The zero-order chi connectivity index (χ0) is 15.6. The first-order chi connectivity index (χ1) is 9.93. The van der Waals surface area contributed by atoms with E-state index in [0.717, 1.165) is 28.1 Å². The normalized spacial score (nSPS) is 12.6. The Kier molecular flexibility index (Phi) is 4.77. The first-order valence-corrected chi connectivity index (χ1v) is 8.00. The molecule has 0 saturated carbocycles. The summed E-state index contributed by atoms with van der Waals surface area (Å²) in [5.41, 5.74) is 0.821. The van der Waals surface area contributed by atoms with Gasteiger partial charge in [-0.1, -0.05) is 13.3 Å². The predicted molar refractivity (Wildman–Crippen MR) is 85.9 cm³/mol. The van der Waals surface area contributed by atoms with Crippen molar-refractivity contribution in [1.29, 1.82) is 0 Å². The van der Waals surface area contributed by atoms with Crippen LogP contribution < -0.4 is 10.9 Å². The molecule has 0 bridgehead atoms. The summed E-state index contributed by atoms with van der Waals surface area (Å²) in [6.07, 6.45) is 3.41. The van der Waals surface area contributed by atoms with Crippen molar-refractivity contribution in [1.82, 2.24) is 14.9 Å². The molecule has 1 amide bonds. The van der Waals surface area contributed by atoms with Crippen molar-refractivity contribution in [3.05, 3.63) is 27.1 Å². The minimum Gasteiger partial charge on any atom is -0.352 e. The number of aromatic nitrogens is 2. The van der Waals surface area contributed by atoms with Gasteiger partial charge in [0.05, 0.1) is 11.7 Å². The minimum atomic E-state index is -0.149. The van der Waals surface area contributed by atoms with E-state index in [1.807, 2.05) is 20.8 Å². The Morgan fingerprint density at radius 1 is 1.48 bits per heavy atom. The van der Waals surface area contributed by atoms with Gasteiger partial charge >= 0.3 is 0 Å². The standard InChI is InChI=1S/C15H21N3O2S/c1-5-6-9(2)17-12(19)7-18-8-16-14-13(15(18)20)10(3)11(4)21-14/h8-9H,5-7H2,1-4H3,(H,17,19). The number of hydrogen-bond donors (Lipinski definition) is 1. The number of thiophene rings is 1. The van der Waals surface area contributed by atoms with Gasteiger partial charge in [-0.25, -0.2) is 4.98 Å². The van der Waals surface area contributed by atoms with Crippen molar-refractivity contribution in [2.45, 2.75) is 53.1 Å². The molecule has 0 saturated heterocycles. The molecule has 2 aromatic heterocycles. The highest BCUT2D eigenvalue weighted by molar-refractivity contribution is 7.18. The molecule has 6 heteroatoms. The third-order valence-electron chi connectivity index (χ3n) is 3.60. The molecular formula is C15H21N3O2S. The number of amides is 1. The van der Waals surface area contributed by atoms with E-state index < -0.39 is 0 Å². The Hall–Kier alpha value is -1.69. The molecule has 2 aromatic rings. The van der Waals surface area contributed by atoms with Crippen LogP contribution in [0, 0.1) is 13.8 Å². The zero-order valence-electron chi connectivity index (χ0n) is 12.9. The van der Waals surface area contributed by atoms with Crippen LogP contribution in [0.1, 0.15) is 37.1 Å². The molecular weight excluding hydrogens is 286 g/mol. The van der Waals surface area contributed by atoms with E-state index in [2.05, 4.69) is 17.2 Å². The second kappa shape index (κ2) is 6.39. The maximum atomic E-state index is 12.5. The fraction of sp³-hybridized carbons (Fsp3) is 0.533. The Labute approximate surface area is 128 Å². The number of fused-ring (bicyclic) bond motifs is 1. The van der Waals surface area contributed by atoms with Crippen molar-refractivity contribution < 1.29 is 4.79 Å². The van der Waals surface area contributed by atoms with E-state index in [4.69, 9.17) is 0 Å². The molecule has 0 aliphatic rings. The molecule has 114 valence electrons. The first kappa shape index (κ1) is 15.7. The van der Waals surface area contributed by atoms with Crippen molar-refractivity contribution in [3.63, 3.8) is 0 Å². The number of carbonyl (C=O) groups is 1. The smallest absolute Gasteiger partial charge is 0.262 e. The molecule has 21 heavy (non-hydrogen) atoms. The average molecular weight is 307 g/mol. The molecule has 2 rings (SSSR count). The molecule has 0 aliphatic carbocycles. The summed E-state index contributed by atoms with van der Waals surface area (Å²) in [4.78, 5) is 30.6. The van der Waals surface area contributed by atoms with E-state index in [9.17, 15) is 9.59 Å². The largest absolute Gasteiger partial charge is 0.352 e. The monoisotopic (exact) mass is 307 g/mol. The molecule has 0 spiro atoms. The average Bonchev–Trinajstić information content (AvgIpc) is 2.69. The van der Waals surface area contributed by atoms with Crippen LogP contribution in [-0.2, 0) is 11.3 Å². The lowest BCUT2D eigenvalue weighted by Gasteiger charge is -2.13. The van der Waals surface area contributed by atoms with Gasteiger partial charge in [-0.05, 0) is 32.8 Å². The topological polar surface area (TPSA) is 64.0 Å². The highest BCUT2D eigenvalue weighted by Crippen LogP contribution is 2.25. The van der Waals surface area contributed by atoms with E-state index in [1.165, 1.54) is 22.2 Å². The van der Waals surface area contributed by atoms with E-state index in [0.29, 0.717) is 5.39 Å². The summed E-state index contributed by atoms with van der Waals surface area (Å²) in [7, 11) is 0. The number of nitrogens with zero attached hydrogens (tertiary/aromatic N) is 2. The van der Waals surface area contributed by atoms with Crippen LogP contribution in [-0.4, -0.2) is 21.5 Å². The van der Waals surface area contributed by atoms with Gasteiger partial charge < -0.3 is 5.32 Å². The van der Waals surface area contributed by atoms with Crippen molar-refractivity contribution in [2.24, 2.45) is 0 Å². The fourth-order valence-electron chi connectivity index (χ4n) is 2.36. The number of carbonyl (C=O) groups excluding carboxylic acids is 1. The number of hydrogen-bond acceptors (Lipinski definition) is 4. The Balaban J connectivity index is 2.23. The number of aryl methyl sites for hydroxylation is 2. The Morgan fingerprint density at radius 3 is 2.86 bits per heavy atom. The summed E-state index contributed by atoms with van der Waals surface area (Å²) < 4.78 is 1.38. The van der Waals surface area contributed by atoms with Crippen LogP contribution in [0.15, 0.2) is 11.1 Å². The van der Waals surface area contributed by atoms with Gasteiger partial charge in [0.2, 0.25) is 5.91 Å². The summed E-state index contributed by atoms with van der Waals surface area (Å²) in [5.74, 6) is -0.149. The minimum absolute atomic E-state index is 0.0180. The number of rotatable bonds is 5. The third kappa shape index (κ3) is 3.32. The SMILES string of the molecule is CCCC(C)NC(=O)Cn1cnc2sc(C)c(C)c2c1=O. The highest BCUT2D eigenvalue weighted by Gasteiger charge is 2.14. The van der Waals surface area contributed by atoms with Gasteiger partial charge in [-0.15, -0.1) is 11.3 Å². The van der Waals surface area contributed by atoms with Crippen LogP contribution in [0.25, 0.3) is 10.2 Å². The predicted octanol–water partition coefficient (Wildman–Crippen LogP) is 2.38.